The molecule has 0 aliphatic carbocycles. The van der Waals surface area contributed by atoms with E-state index in [1.54, 1.807) is 25.1 Å². The predicted octanol–water partition coefficient (Wildman–Crippen LogP) is 1.59. The minimum Gasteiger partial charge on any atom is -0.473 e. The van der Waals surface area contributed by atoms with Gasteiger partial charge in [0, 0.05) is 11.1 Å². The van der Waals surface area contributed by atoms with Gasteiger partial charge in [-0.15, -0.1) is 0 Å². The third kappa shape index (κ3) is 2.20. The van der Waals surface area contributed by atoms with E-state index in [1.807, 2.05) is 12.1 Å². The highest BCUT2D eigenvalue weighted by molar-refractivity contribution is 5.95. The van der Waals surface area contributed by atoms with Crippen LogP contribution in [0.1, 0.15) is 12.5 Å². The quantitative estimate of drug-likeness (QED) is 0.586. The maximum absolute atomic E-state index is 11.6. The fourth-order valence-electron chi connectivity index (χ4n) is 1.66. The Labute approximate surface area is 98.8 Å². The number of carbonyl (C=O) groups is 2. The molecule has 0 unspecified atom stereocenters. The van der Waals surface area contributed by atoms with Crippen LogP contribution in [0.25, 0.3) is 6.08 Å². The number of para-hydroxylation sites is 1. The summed E-state index contributed by atoms with van der Waals surface area (Å²) in [4.78, 5) is 22.6. The lowest BCUT2D eigenvalue weighted by Crippen LogP contribution is -2.33. The summed E-state index contributed by atoms with van der Waals surface area (Å²) in [5.41, 5.74) is 1.07. The maximum atomic E-state index is 11.6. The first-order chi connectivity index (χ1) is 8.26. The van der Waals surface area contributed by atoms with Crippen LogP contribution >= 0.6 is 0 Å². The van der Waals surface area contributed by atoms with Gasteiger partial charge in [-0.05, 0) is 19.1 Å². The summed E-state index contributed by atoms with van der Waals surface area (Å²) in [6.07, 6.45) is 1.31. The second-order valence-corrected chi connectivity index (χ2v) is 3.55. The summed E-state index contributed by atoms with van der Waals surface area (Å²) in [6, 6.07) is 7.21. The summed E-state index contributed by atoms with van der Waals surface area (Å²) < 4.78 is 10.3. The van der Waals surface area contributed by atoms with Crippen molar-refractivity contribution in [2.45, 2.75) is 13.0 Å². The Bertz CT molecular complexity index is 476. The fourth-order valence-corrected chi connectivity index (χ4v) is 1.66. The molecule has 2 rings (SSSR count). The van der Waals surface area contributed by atoms with Crippen LogP contribution in [0, 0.1) is 0 Å². The first kappa shape index (κ1) is 11.4. The van der Waals surface area contributed by atoms with Crippen LogP contribution < -0.4 is 4.74 Å². The molecule has 88 valence electrons. The highest BCUT2D eigenvalue weighted by Crippen LogP contribution is 2.28. The molecule has 1 aliphatic rings. The Morgan fingerprint density at radius 1 is 1.47 bits per heavy atom. The van der Waals surface area contributed by atoms with Gasteiger partial charge < -0.3 is 9.47 Å². The zero-order valence-corrected chi connectivity index (χ0v) is 9.38. The molecule has 0 saturated heterocycles. The van der Waals surface area contributed by atoms with Crippen molar-refractivity contribution in [2.75, 3.05) is 6.61 Å². The lowest BCUT2D eigenvalue weighted by molar-refractivity contribution is -0.150. The van der Waals surface area contributed by atoms with Crippen LogP contribution in [0.3, 0.4) is 0 Å². The Kier molecular flexibility index (Phi) is 3.23. The summed E-state index contributed by atoms with van der Waals surface area (Å²) in [6.45, 7) is 1.96. The number of aldehydes is 1. The van der Waals surface area contributed by atoms with Crippen molar-refractivity contribution in [3.8, 4) is 5.75 Å². The second kappa shape index (κ2) is 4.82. The fraction of sp³-hybridized carbons (Fsp3) is 0.231. The molecule has 4 heteroatoms. The number of hydrogen-bond acceptors (Lipinski definition) is 4. The number of hydrogen-bond donors (Lipinski definition) is 0. The van der Waals surface area contributed by atoms with Crippen LogP contribution in [-0.2, 0) is 14.3 Å². The Hall–Kier alpha value is -2.10. The predicted molar refractivity (Wildman–Crippen MR) is 61.5 cm³/mol. The van der Waals surface area contributed by atoms with E-state index in [9.17, 15) is 9.59 Å². The van der Waals surface area contributed by atoms with Gasteiger partial charge in [0.15, 0.2) is 0 Å². The van der Waals surface area contributed by atoms with E-state index in [-0.39, 0.29) is 12.2 Å². The molecule has 4 nitrogen and oxygen atoms in total. The van der Waals surface area contributed by atoms with Crippen molar-refractivity contribution in [1.29, 1.82) is 0 Å². The molecule has 0 radical (unpaired) electrons. The number of esters is 1. The number of rotatable bonds is 3. The standard InChI is InChI=1S/C13H12O4/c1-2-16-13(15)12-10(8-14)7-9-5-3-4-6-11(9)17-12/h3-8,12H,2H2,1H3/t12-/m0/s1. The van der Waals surface area contributed by atoms with Crippen LogP contribution in [0.5, 0.6) is 5.75 Å². The monoisotopic (exact) mass is 232 g/mol. The number of ether oxygens (including phenoxy) is 2. The number of benzene rings is 1. The van der Waals surface area contributed by atoms with Gasteiger partial charge in [0.25, 0.3) is 0 Å². The summed E-state index contributed by atoms with van der Waals surface area (Å²) in [7, 11) is 0. The topological polar surface area (TPSA) is 52.6 Å². The van der Waals surface area contributed by atoms with Gasteiger partial charge >= 0.3 is 5.97 Å². The van der Waals surface area contributed by atoms with Gasteiger partial charge in [-0.3, -0.25) is 4.79 Å². The second-order valence-electron chi connectivity index (χ2n) is 3.55. The van der Waals surface area contributed by atoms with E-state index < -0.39 is 12.1 Å². The third-order valence-electron chi connectivity index (χ3n) is 2.43. The van der Waals surface area contributed by atoms with Crippen molar-refractivity contribution in [3.63, 3.8) is 0 Å². The Balaban J connectivity index is 2.34. The average molecular weight is 232 g/mol. The molecular formula is C13H12O4. The average Bonchev–Trinajstić information content (AvgIpc) is 2.37. The van der Waals surface area contributed by atoms with Gasteiger partial charge in [-0.2, -0.15) is 0 Å². The first-order valence-corrected chi connectivity index (χ1v) is 5.35. The minimum atomic E-state index is -0.956. The molecule has 17 heavy (non-hydrogen) atoms. The van der Waals surface area contributed by atoms with E-state index in [1.165, 1.54) is 0 Å². The van der Waals surface area contributed by atoms with E-state index in [2.05, 4.69) is 0 Å². The SMILES string of the molecule is CCOC(=O)[C@H]1Oc2ccccc2C=C1C=O. The lowest BCUT2D eigenvalue weighted by atomic mass is 10.0. The molecule has 1 aromatic carbocycles. The van der Waals surface area contributed by atoms with Crippen molar-refractivity contribution < 1.29 is 19.1 Å². The smallest absolute Gasteiger partial charge is 0.352 e. The molecule has 0 N–H and O–H groups in total. The van der Waals surface area contributed by atoms with Crippen LogP contribution in [0.2, 0.25) is 0 Å². The molecule has 1 atom stereocenters. The van der Waals surface area contributed by atoms with Crippen molar-refractivity contribution in [1.82, 2.24) is 0 Å². The number of carbonyl (C=O) groups excluding carboxylic acids is 2. The zero-order valence-electron chi connectivity index (χ0n) is 9.38. The van der Waals surface area contributed by atoms with Crippen molar-refractivity contribution in [3.05, 3.63) is 35.4 Å². The van der Waals surface area contributed by atoms with Crippen molar-refractivity contribution in [2.24, 2.45) is 0 Å². The molecule has 0 aromatic heterocycles. The normalized spacial score (nSPS) is 17.5. The molecule has 0 spiro atoms. The van der Waals surface area contributed by atoms with Gasteiger partial charge in [0.05, 0.1) is 6.61 Å². The minimum absolute atomic E-state index is 0.256. The molecule has 1 aliphatic heterocycles. The molecular weight excluding hydrogens is 220 g/mol. The van der Waals surface area contributed by atoms with E-state index >= 15 is 0 Å². The molecule has 0 bridgehead atoms. The van der Waals surface area contributed by atoms with Crippen LogP contribution in [-0.4, -0.2) is 25.0 Å². The molecule has 0 amide bonds. The van der Waals surface area contributed by atoms with Gasteiger partial charge in [0.2, 0.25) is 6.10 Å². The highest BCUT2D eigenvalue weighted by Gasteiger charge is 2.30. The van der Waals surface area contributed by atoms with Crippen LogP contribution in [0.15, 0.2) is 29.8 Å². The van der Waals surface area contributed by atoms with E-state index in [4.69, 9.17) is 9.47 Å². The van der Waals surface area contributed by atoms with Crippen molar-refractivity contribution >= 4 is 18.3 Å². The summed E-state index contributed by atoms with van der Waals surface area (Å²) in [5.74, 6) is 0.0384. The summed E-state index contributed by atoms with van der Waals surface area (Å²) in [5, 5.41) is 0. The van der Waals surface area contributed by atoms with Gasteiger partial charge in [-0.25, -0.2) is 4.79 Å². The summed E-state index contributed by atoms with van der Waals surface area (Å²) >= 11 is 0. The lowest BCUT2D eigenvalue weighted by Gasteiger charge is -2.22. The number of fused-ring (bicyclic) bond motifs is 1. The molecule has 0 fully saturated rings. The first-order valence-electron chi connectivity index (χ1n) is 5.35. The van der Waals surface area contributed by atoms with E-state index in [0.717, 1.165) is 5.56 Å². The molecule has 1 heterocycles. The Morgan fingerprint density at radius 3 is 2.94 bits per heavy atom. The van der Waals surface area contributed by atoms with Gasteiger partial charge in [0.1, 0.15) is 12.0 Å². The third-order valence-corrected chi connectivity index (χ3v) is 2.43. The Morgan fingerprint density at radius 2 is 2.24 bits per heavy atom. The largest absolute Gasteiger partial charge is 0.473 e. The molecule has 1 aromatic rings. The maximum Gasteiger partial charge on any atom is 0.352 e. The highest BCUT2D eigenvalue weighted by atomic mass is 16.6. The zero-order chi connectivity index (χ0) is 12.3. The van der Waals surface area contributed by atoms with Gasteiger partial charge in [-0.1, -0.05) is 18.2 Å². The van der Waals surface area contributed by atoms with E-state index in [0.29, 0.717) is 12.0 Å². The molecule has 0 saturated carbocycles. The van der Waals surface area contributed by atoms with Crippen LogP contribution in [0.4, 0.5) is 0 Å².